The van der Waals surface area contributed by atoms with Crippen molar-refractivity contribution in [2.45, 2.75) is 25.7 Å². The van der Waals surface area contributed by atoms with Crippen LogP contribution in [-0.2, 0) is 9.53 Å². The number of amides is 1. The SMILES string of the molecule is COC(=O)CCCCCNC(=O)c1ncc(Cl)c(Cl)c1Cl. The third-order valence-electron chi connectivity index (χ3n) is 2.70. The fourth-order valence-corrected chi connectivity index (χ4v) is 2.13. The van der Waals surface area contributed by atoms with Gasteiger partial charge in [-0.25, -0.2) is 4.98 Å². The summed E-state index contributed by atoms with van der Waals surface area (Å²) in [5.74, 6) is -0.641. The average Bonchev–Trinajstić information content (AvgIpc) is 2.47. The van der Waals surface area contributed by atoms with Crippen molar-refractivity contribution < 1.29 is 14.3 Å². The maximum Gasteiger partial charge on any atom is 0.305 e. The van der Waals surface area contributed by atoms with E-state index in [0.717, 1.165) is 12.8 Å². The van der Waals surface area contributed by atoms with E-state index in [1.54, 1.807) is 0 Å². The molecule has 0 atom stereocenters. The monoisotopic (exact) mass is 352 g/mol. The summed E-state index contributed by atoms with van der Waals surface area (Å²) in [5, 5.41) is 3.02. The first-order chi connectivity index (χ1) is 9.97. The van der Waals surface area contributed by atoms with Crippen LogP contribution in [0.5, 0.6) is 0 Å². The highest BCUT2D eigenvalue weighted by molar-refractivity contribution is 6.48. The number of methoxy groups -OCH3 is 1. The van der Waals surface area contributed by atoms with Gasteiger partial charge in [-0.3, -0.25) is 9.59 Å². The first-order valence-electron chi connectivity index (χ1n) is 6.32. The van der Waals surface area contributed by atoms with Crippen LogP contribution in [-0.4, -0.2) is 30.5 Å². The van der Waals surface area contributed by atoms with Gasteiger partial charge in [0.15, 0.2) is 0 Å². The van der Waals surface area contributed by atoms with E-state index in [1.807, 2.05) is 0 Å². The summed E-state index contributed by atoms with van der Waals surface area (Å²) in [5.41, 5.74) is 0.0422. The van der Waals surface area contributed by atoms with Crippen molar-refractivity contribution >= 4 is 46.7 Å². The molecule has 1 aromatic heterocycles. The molecule has 1 amide bonds. The molecule has 5 nitrogen and oxygen atoms in total. The van der Waals surface area contributed by atoms with E-state index in [0.29, 0.717) is 19.4 Å². The van der Waals surface area contributed by atoms with Gasteiger partial charge in [-0.1, -0.05) is 41.2 Å². The fraction of sp³-hybridized carbons (Fsp3) is 0.462. The van der Waals surface area contributed by atoms with Crippen LogP contribution in [0.1, 0.15) is 36.2 Å². The Balaban J connectivity index is 2.35. The van der Waals surface area contributed by atoms with Gasteiger partial charge in [-0.15, -0.1) is 0 Å². The lowest BCUT2D eigenvalue weighted by molar-refractivity contribution is -0.140. The molecular weight excluding hydrogens is 339 g/mol. The minimum Gasteiger partial charge on any atom is -0.469 e. The van der Waals surface area contributed by atoms with Crippen LogP contribution in [0.15, 0.2) is 6.20 Å². The molecular formula is C13H15Cl3N2O3. The average molecular weight is 354 g/mol. The molecule has 8 heteroatoms. The summed E-state index contributed by atoms with van der Waals surface area (Å²) in [6.07, 6.45) is 3.92. The number of halogens is 3. The van der Waals surface area contributed by atoms with Crippen molar-refractivity contribution in [3.05, 3.63) is 27.0 Å². The molecule has 0 aliphatic carbocycles. The second kappa shape index (κ2) is 9.07. The normalized spacial score (nSPS) is 10.3. The van der Waals surface area contributed by atoms with Gasteiger partial charge < -0.3 is 10.1 Å². The lowest BCUT2D eigenvalue weighted by Crippen LogP contribution is -2.25. The Labute approximate surface area is 137 Å². The van der Waals surface area contributed by atoms with E-state index in [-0.39, 0.29) is 26.7 Å². The Kier molecular flexibility index (Phi) is 7.78. The number of rotatable bonds is 7. The molecule has 0 aromatic carbocycles. The summed E-state index contributed by atoms with van der Waals surface area (Å²) >= 11 is 17.5. The predicted octanol–water partition coefficient (Wildman–Crippen LogP) is 3.51. The van der Waals surface area contributed by atoms with Crippen molar-refractivity contribution in [1.82, 2.24) is 10.3 Å². The van der Waals surface area contributed by atoms with Crippen LogP contribution in [0.25, 0.3) is 0 Å². The van der Waals surface area contributed by atoms with Gasteiger partial charge in [-0.05, 0) is 12.8 Å². The lowest BCUT2D eigenvalue weighted by Gasteiger charge is -2.07. The maximum atomic E-state index is 11.9. The first-order valence-corrected chi connectivity index (χ1v) is 7.45. The molecule has 1 rings (SSSR count). The first kappa shape index (κ1) is 18.0. The van der Waals surface area contributed by atoms with Crippen LogP contribution >= 0.6 is 34.8 Å². The Morgan fingerprint density at radius 1 is 1.19 bits per heavy atom. The molecule has 0 saturated heterocycles. The Bertz CT molecular complexity index is 524. The Morgan fingerprint density at radius 3 is 2.57 bits per heavy atom. The van der Waals surface area contributed by atoms with Gasteiger partial charge in [0.05, 0.1) is 22.2 Å². The van der Waals surface area contributed by atoms with E-state index in [4.69, 9.17) is 34.8 Å². The van der Waals surface area contributed by atoms with Crippen molar-refractivity contribution in [3.8, 4) is 0 Å². The van der Waals surface area contributed by atoms with E-state index in [1.165, 1.54) is 13.3 Å². The zero-order valence-corrected chi connectivity index (χ0v) is 13.7. The molecule has 0 spiro atoms. The molecule has 0 fully saturated rings. The number of unbranched alkanes of at least 4 members (excludes halogenated alkanes) is 2. The largest absolute Gasteiger partial charge is 0.469 e. The molecule has 0 unspecified atom stereocenters. The lowest BCUT2D eigenvalue weighted by atomic mass is 10.2. The van der Waals surface area contributed by atoms with Gasteiger partial charge in [0, 0.05) is 19.2 Å². The fourth-order valence-electron chi connectivity index (χ4n) is 1.56. The Hall–Kier alpha value is -1.04. The van der Waals surface area contributed by atoms with Gasteiger partial charge in [-0.2, -0.15) is 0 Å². The zero-order valence-electron chi connectivity index (χ0n) is 11.4. The summed E-state index contributed by atoms with van der Waals surface area (Å²) < 4.78 is 4.53. The van der Waals surface area contributed by atoms with Gasteiger partial charge >= 0.3 is 5.97 Å². The Morgan fingerprint density at radius 2 is 1.90 bits per heavy atom. The number of hydrogen-bond donors (Lipinski definition) is 1. The highest BCUT2D eigenvalue weighted by Gasteiger charge is 2.16. The number of aromatic nitrogens is 1. The number of nitrogens with one attached hydrogen (secondary N) is 1. The van der Waals surface area contributed by atoms with Crippen molar-refractivity contribution in [1.29, 1.82) is 0 Å². The molecule has 1 N–H and O–H groups in total. The van der Waals surface area contributed by atoms with E-state index in [9.17, 15) is 9.59 Å². The van der Waals surface area contributed by atoms with Gasteiger partial charge in [0.25, 0.3) is 5.91 Å². The van der Waals surface area contributed by atoms with Crippen molar-refractivity contribution in [3.63, 3.8) is 0 Å². The third-order valence-corrected chi connectivity index (χ3v) is 3.94. The molecule has 1 aromatic rings. The van der Waals surface area contributed by atoms with Gasteiger partial charge in [0.1, 0.15) is 5.69 Å². The summed E-state index contributed by atoms with van der Waals surface area (Å²) in [6.45, 7) is 0.457. The third kappa shape index (κ3) is 5.69. The van der Waals surface area contributed by atoms with Crippen LogP contribution < -0.4 is 5.32 Å². The van der Waals surface area contributed by atoms with Gasteiger partial charge in [0.2, 0.25) is 0 Å². The molecule has 0 aliphatic rings. The maximum absolute atomic E-state index is 11.9. The minimum atomic E-state index is -0.411. The number of nitrogens with zero attached hydrogens (tertiary/aromatic N) is 1. The zero-order chi connectivity index (χ0) is 15.8. The second-order valence-electron chi connectivity index (χ2n) is 4.23. The number of carbonyl (C=O) groups excluding carboxylic acids is 2. The smallest absolute Gasteiger partial charge is 0.305 e. The highest BCUT2D eigenvalue weighted by atomic mass is 35.5. The highest BCUT2D eigenvalue weighted by Crippen LogP contribution is 2.30. The van der Waals surface area contributed by atoms with Crippen LogP contribution in [0.2, 0.25) is 15.1 Å². The quantitative estimate of drug-likeness (QED) is 0.601. The van der Waals surface area contributed by atoms with Crippen LogP contribution in [0, 0.1) is 0 Å². The summed E-state index contributed by atoms with van der Waals surface area (Å²) in [7, 11) is 1.36. The van der Waals surface area contributed by atoms with Crippen LogP contribution in [0.3, 0.4) is 0 Å². The van der Waals surface area contributed by atoms with E-state index < -0.39 is 5.91 Å². The van der Waals surface area contributed by atoms with Crippen molar-refractivity contribution in [2.75, 3.05) is 13.7 Å². The van der Waals surface area contributed by atoms with E-state index in [2.05, 4.69) is 15.0 Å². The second-order valence-corrected chi connectivity index (χ2v) is 5.39. The standard InChI is InChI=1S/C13H15Cl3N2O3/c1-21-9(19)5-3-2-4-6-17-13(20)12-11(16)10(15)8(14)7-18-12/h7H,2-6H2,1H3,(H,17,20). The van der Waals surface area contributed by atoms with E-state index >= 15 is 0 Å². The molecule has 1 heterocycles. The summed E-state index contributed by atoms with van der Waals surface area (Å²) in [6, 6.07) is 0. The number of ether oxygens (including phenoxy) is 1. The number of hydrogen-bond acceptors (Lipinski definition) is 4. The minimum absolute atomic E-state index is 0.0346. The molecule has 0 bridgehead atoms. The molecule has 0 saturated carbocycles. The molecule has 0 radical (unpaired) electrons. The molecule has 0 aliphatic heterocycles. The topological polar surface area (TPSA) is 68.3 Å². The number of pyridine rings is 1. The van der Waals surface area contributed by atoms with Crippen molar-refractivity contribution in [2.24, 2.45) is 0 Å². The summed E-state index contributed by atoms with van der Waals surface area (Å²) in [4.78, 5) is 26.6. The molecule has 21 heavy (non-hydrogen) atoms. The van der Waals surface area contributed by atoms with Crippen LogP contribution in [0.4, 0.5) is 0 Å². The molecule has 116 valence electrons. The predicted molar refractivity (Wildman–Crippen MR) is 82.1 cm³/mol. The number of esters is 1. The number of carbonyl (C=O) groups is 2.